The van der Waals surface area contributed by atoms with Gasteiger partial charge in [-0.05, 0) is 27.3 Å². The quantitative estimate of drug-likeness (QED) is 0.680. The third kappa shape index (κ3) is 4.92. The molecule has 4 nitrogen and oxygen atoms in total. The summed E-state index contributed by atoms with van der Waals surface area (Å²) in [6, 6.07) is 0.888. The molecule has 0 aromatic heterocycles. The molecule has 1 N–H and O–H groups in total. The van der Waals surface area contributed by atoms with Crippen molar-refractivity contribution in [2.75, 3.05) is 40.0 Å². The topological polar surface area (TPSA) is 33.7 Å². The van der Waals surface area contributed by atoms with E-state index in [2.05, 4.69) is 31.0 Å². The van der Waals surface area contributed by atoms with Crippen molar-refractivity contribution in [3.63, 3.8) is 0 Å². The normalized spacial score (nSPS) is 24.2. The van der Waals surface area contributed by atoms with Gasteiger partial charge >= 0.3 is 0 Å². The molecule has 1 saturated heterocycles. The van der Waals surface area contributed by atoms with Gasteiger partial charge in [-0.2, -0.15) is 0 Å². The van der Waals surface area contributed by atoms with Gasteiger partial charge in [0.25, 0.3) is 0 Å². The van der Waals surface area contributed by atoms with Crippen molar-refractivity contribution in [2.45, 2.75) is 45.4 Å². The van der Waals surface area contributed by atoms with E-state index in [0.29, 0.717) is 12.1 Å². The summed E-state index contributed by atoms with van der Waals surface area (Å²) >= 11 is 0. The number of rotatable bonds is 7. The third-order valence-electron chi connectivity index (χ3n) is 3.32. The van der Waals surface area contributed by atoms with E-state index >= 15 is 0 Å². The predicted octanol–water partition coefficient (Wildman–Crippen LogP) is 1.11. The van der Waals surface area contributed by atoms with Crippen LogP contribution in [0, 0.1) is 0 Å². The second kappa shape index (κ2) is 8.03. The molecule has 1 rings (SSSR count). The standard InChI is InChI=1S/C13H28N2O2/c1-5-7-16-10-12(14-4)13-9-15(11(2)3)6-8-17-13/h11-14H,5-10H2,1-4H3. The summed E-state index contributed by atoms with van der Waals surface area (Å²) in [5.74, 6) is 0. The zero-order valence-corrected chi connectivity index (χ0v) is 11.7. The first-order valence-electron chi connectivity index (χ1n) is 6.79. The van der Waals surface area contributed by atoms with Gasteiger partial charge in [0.15, 0.2) is 0 Å². The monoisotopic (exact) mass is 244 g/mol. The summed E-state index contributed by atoms with van der Waals surface area (Å²) < 4.78 is 11.5. The van der Waals surface area contributed by atoms with Crippen LogP contribution >= 0.6 is 0 Å². The molecule has 4 heteroatoms. The molecule has 1 aliphatic heterocycles. The van der Waals surface area contributed by atoms with Crippen LogP contribution in [0.25, 0.3) is 0 Å². The lowest BCUT2D eigenvalue weighted by Gasteiger charge is -2.38. The largest absolute Gasteiger partial charge is 0.380 e. The molecule has 0 aromatic carbocycles. The Morgan fingerprint density at radius 1 is 1.47 bits per heavy atom. The molecule has 0 aliphatic carbocycles. The maximum Gasteiger partial charge on any atom is 0.0877 e. The minimum absolute atomic E-state index is 0.244. The summed E-state index contributed by atoms with van der Waals surface area (Å²) in [5, 5.41) is 3.31. The average Bonchev–Trinajstić information content (AvgIpc) is 2.35. The van der Waals surface area contributed by atoms with E-state index in [9.17, 15) is 0 Å². The summed E-state index contributed by atoms with van der Waals surface area (Å²) in [6.45, 7) is 11.0. The predicted molar refractivity (Wildman–Crippen MR) is 70.4 cm³/mol. The van der Waals surface area contributed by atoms with Crippen LogP contribution in [-0.2, 0) is 9.47 Å². The van der Waals surface area contributed by atoms with Gasteiger partial charge in [-0.25, -0.2) is 0 Å². The molecule has 102 valence electrons. The fraction of sp³-hybridized carbons (Fsp3) is 1.00. The number of ether oxygens (including phenoxy) is 2. The smallest absolute Gasteiger partial charge is 0.0877 e. The highest BCUT2D eigenvalue weighted by Crippen LogP contribution is 2.12. The molecule has 0 bridgehead atoms. The summed E-state index contributed by atoms with van der Waals surface area (Å²) in [4.78, 5) is 2.47. The van der Waals surface area contributed by atoms with Crippen molar-refractivity contribution >= 4 is 0 Å². The summed E-state index contributed by atoms with van der Waals surface area (Å²) in [5.41, 5.74) is 0. The molecule has 0 amide bonds. The second-order valence-electron chi connectivity index (χ2n) is 4.97. The van der Waals surface area contributed by atoms with Gasteiger partial charge < -0.3 is 14.8 Å². The van der Waals surface area contributed by atoms with Gasteiger partial charge in [-0.3, -0.25) is 4.90 Å². The van der Waals surface area contributed by atoms with Crippen LogP contribution < -0.4 is 5.32 Å². The van der Waals surface area contributed by atoms with Crippen molar-refractivity contribution in [1.82, 2.24) is 10.2 Å². The molecule has 0 radical (unpaired) electrons. The van der Waals surface area contributed by atoms with E-state index in [-0.39, 0.29) is 6.10 Å². The van der Waals surface area contributed by atoms with Crippen molar-refractivity contribution in [2.24, 2.45) is 0 Å². The maximum absolute atomic E-state index is 5.86. The Kier molecular flexibility index (Phi) is 7.04. The van der Waals surface area contributed by atoms with E-state index in [1.54, 1.807) is 0 Å². The molecule has 1 aliphatic rings. The van der Waals surface area contributed by atoms with E-state index in [1.165, 1.54) is 0 Å². The van der Waals surface area contributed by atoms with E-state index in [1.807, 2.05) is 7.05 Å². The number of likely N-dealkylation sites (N-methyl/N-ethyl adjacent to an activating group) is 1. The number of hydrogen-bond acceptors (Lipinski definition) is 4. The van der Waals surface area contributed by atoms with E-state index in [4.69, 9.17) is 9.47 Å². The van der Waals surface area contributed by atoms with Gasteiger partial charge in [0, 0.05) is 25.7 Å². The Bertz CT molecular complexity index is 200. The Morgan fingerprint density at radius 3 is 2.82 bits per heavy atom. The van der Waals surface area contributed by atoms with Crippen molar-refractivity contribution in [1.29, 1.82) is 0 Å². The molecule has 2 unspecified atom stereocenters. The first-order chi connectivity index (χ1) is 8.19. The second-order valence-corrected chi connectivity index (χ2v) is 4.97. The lowest BCUT2D eigenvalue weighted by Crippen LogP contribution is -2.54. The Morgan fingerprint density at radius 2 is 2.24 bits per heavy atom. The van der Waals surface area contributed by atoms with Gasteiger partial charge in [0.1, 0.15) is 0 Å². The van der Waals surface area contributed by atoms with Gasteiger partial charge in [0.2, 0.25) is 0 Å². The van der Waals surface area contributed by atoms with Crippen LogP contribution in [0.3, 0.4) is 0 Å². The average molecular weight is 244 g/mol. The molecule has 1 heterocycles. The number of hydrogen-bond donors (Lipinski definition) is 1. The molecule has 0 aromatic rings. The summed E-state index contributed by atoms with van der Waals surface area (Å²) in [6.07, 6.45) is 1.31. The summed E-state index contributed by atoms with van der Waals surface area (Å²) in [7, 11) is 1.98. The molecule has 0 saturated carbocycles. The first-order valence-corrected chi connectivity index (χ1v) is 6.79. The fourth-order valence-corrected chi connectivity index (χ4v) is 2.14. The number of morpholine rings is 1. The van der Waals surface area contributed by atoms with Crippen molar-refractivity contribution in [3.05, 3.63) is 0 Å². The first kappa shape index (κ1) is 14.9. The van der Waals surface area contributed by atoms with Crippen LogP contribution in [-0.4, -0.2) is 63.0 Å². The highest BCUT2D eigenvalue weighted by molar-refractivity contribution is 4.83. The van der Waals surface area contributed by atoms with Gasteiger partial charge in [-0.1, -0.05) is 6.92 Å². The minimum atomic E-state index is 0.244. The molecule has 1 fully saturated rings. The third-order valence-corrected chi connectivity index (χ3v) is 3.32. The van der Waals surface area contributed by atoms with Crippen LogP contribution in [0.1, 0.15) is 27.2 Å². The van der Waals surface area contributed by atoms with Crippen LogP contribution in [0.15, 0.2) is 0 Å². The van der Waals surface area contributed by atoms with Crippen LogP contribution in [0.2, 0.25) is 0 Å². The maximum atomic E-state index is 5.86. The SMILES string of the molecule is CCCOCC(NC)C1CN(C(C)C)CCO1. The molecule has 17 heavy (non-hydrogen) atoms. The molecule has 0 spiro atoms. The minimum Gasteiger partial charge on any atom is -0.380 e. The molecular formula is C13H28N2O2. The lowest BCUT2D eigenvalue weighted by molar-refractivity contribution is -0.0676. The zero-order chi connectivity index (χ0) is 12.7. The van der Waals surface area contributed by atoms with E-state index in [0.717, 1.165) is 39.3 Å². The molecule has 2 atom stereocenters. The fourth-order valence-electron chi connectivity index (χ4n) is 2.14. The Balaban J connectivity index is 2.39. The lowest BCUT2D eigenvalue weighted by atomic mass is 10.1. The Labute approximate surface area is 106 Å². The Hall–Kier alpha value is -0.160. The van der Waals surface area contributed by atoms with Gasteiger partial charge in [-0.15, -0.1) is 0 Å². The zero-order valence-electron chi connectivity index (χ0n) is 11.7. The highest BCUT2D eigenvalue weighted by Gasteiger charge is 2.28. The highest BCUT2D eigenvalue weighted by atomic mass is 16.5. The molecular weight excluding hydrogens is 216 g/mol. The number of nitrogens with zero attached hydrogens (tertiary/aromatic N) is 1. The van der Waals surface area contributed by atoms with Crippen LogP contribution in [0.4, 0.5) is 0 Å². The van der Waals surface area contributed by atoms with Crippen molar-refractivity contribution < 1.29 is 9.47 Å². The van der Waals surface area contributed by atoms with E-state index < -0.39 is 0 Å². The van der Waals surface area contributed by atoms with Gasteiger partial charge in [0.05, 0.1) is 25.4 Å². The van der Waals surface area contributed by atoms with Crippen LogP contribution in [0.5, 0.6) is 0 Å². The van der Waals surface area contributed by atoms with Crippen molar-refractivity contribution in [3.8, 4) is 0 Å². The number of nitrogens with one attached hydrogen (secondary N) is 1.